The van der Waals surface area contributed by atoms with Crippen molar-refractivity contribution in [3.05, 3.63) is 12.2 Å². The van der Waals surface area contributed by atoms with Crippen molar-refractivity contribution in [3.8, 4) is 0 Å². The summed E-state index contributed by atoms with van der Waals surface area (Å²) in [4.78, 5) is 10.6. The van der Waals surface area contributed by atoms with Gasteiger partial charge in [0.2, 0.25) is 0 Å². The molecule has 14 heavy (non-hydrogen) atoms. The van der Waals surface area contributed by atoms with E-state index >= 15 is 0 Å². The SMILES string of the molecule is O=C(O)C1CCC(/C=C/C(F)F)CC1. The summed E-state index contributed by atoms with van der Waals surface area (Å²) in [7, 11) is 0. The summed E-state index contributed by atoms with van der Waals surface area (Å²) in [6, 6.07) is 0. The Labute approximate surface area is 81.6 Å². The van der Waals surface area contributed by atoms with Crippen molar-refractivity contribution in [3.63, 3.8) is 0 Å². The molecule has 0 bridgehead atoms. The number of halogens is 2. The average Bonchev–Trinajstić information content (AvgIpc) is 2.15. The van der Waals surface area contributed by atoms with Gasteiger partial charge in [-0.15, -0.1) is 0 Å². The Morgan fingerprint density at radius 1 is 1.29 bits per heavy atom. The highest BCUT2D eigenvalue weighted by atomic mass is 19.3. The summed E-state index contributed by atoms with van der Waals surface area (Å²) in [5.41, 5.74) is 0. The van der Waals surface area contributed by atoms with Crippen LogP contribution in [0.4, 0.5) is 8.78 Å². The quantitative estimate of drug-likeness (QED) is 0.717. The molecule has 1 fully saturated rings. The average molecular weight is 204 g/mol. The second-order valence-electron chi connectivity index (χ2n) is 3.67. The number of hydrogen-bond acceptors (Lipinski definition) is 1. The molecule has 0 aromatic rings. The van der Waals surface area contributed by atoms with Crippen molar-refractivity contribution >= 4 is 5.97 Å². The second-order valence-corrected chi connectivity index (χ2v) is 3.67. The number of carboxylic acids is 1. The summed E-state index contributed by atoms with van der Waals surface area (Å²) in [6.07, 6.45) is 2.64. The molecular weight excluding hydrogens is 190 g/mol. The van der Waals surface area contributed by atoms with Gasteiger partial charge in [0.25, 0.3) is 6.43 Å². The molecule has 1 rings (SSSR count). The molecule has 0 aromatic carbocycles. The van der Waals surface area contributed by atoms with Gasteiger partial charge >= 0.3 is 5.97 Å². The van der Waals surface area contributed by atoms with Crippen molar-refractivity contribution < 1.29 is 18.7 Å². The molecule has 1 N–H and O–H groups in total. The fraction of sp³-hybridized carbons (Fsp3) is 0.700. The van der Waals surface area contributed by atoms with E-state index in [4.69, 9.17) is 5.11 Å². The van der Waals surface area contributed by atoms with E-state index in [2.05, 4.69) is 0 Å². The predicted octanol–water partition coefficient (Wildman–Crippen LogP) is 2.70. The number of carboxylic acid groups (broad SMARTS) is 1. The van der Waals surface area contributed by atoms with Crippen molar-refractivity contribution in [1.82, 2.24) is 0 Å². The van der Waals surface area contributed by atoms with Crippen molar-refractivity contribution in [2.75, 3.05) is 0 Å². The zero-order valence-corrected chi connectivity index (χ0v) is 7.83. The zero-order chi connectivity index (χ0) is 10.6. The van der Waals surface area contributed by atoms with Gasteiger partial charge in [0.15, 0.2) is 0 Å². The van der Waals surface area contributed by atoms with Crippen LogP contribution in [0.1, 0.15) is 25.7 Å². The van der Waals surface area contributed by atoms with Crippen LogP contribution in [-0.4, -0.2) is 17.5 Å². The molecule has 0 heterocycles. The minimum Gasteiger partial charge on any atom is -0.481 e. The standard InChI is InChI=1S/C10H14F2O2/c11-9(12)6-3-7-1-4-8(5-2-7)10(13)14/h3,6-9H,1-2,4-5H2,(H,13,14)/b6-3+. The maximum Gasteiger partial charge on any atom is 0.306 e. The van der Waals surface area contributed by atoms with E-state index in [1.165, 1.54) is 6.08 Å². The van der Waals surface area contributed by atoms with Gasteiger partial charge in [-0.25, -0.2) is 8.78 Å². The molecule has 0 spiro atoms. The molecule has 0 unspecified atom stereocenters. The summed E-state index contributed by atoms with van der Waals surface area (Å²) in [5.74, 6) is -0.896. The molecule has 0 amide bonds. The monoisotopic (exact) mass is 204 g/mol. The van der Waals surface area contributed by atoms with Crippen molar-refractivity contribution in [1.29, 1.82) is 0 Å². The number of aliphatic carboxylic acids is 1. The Kier molecular flexibility index (Phi) is 4.04. The summed E-state index contributed by atoms with van der Waals surface area (Å²) >= 11 is 0. The maximum absolute atomic E-state index is 11.8. The summed E-state index contributed by atoms with van der Waals surface area (Å²) < 4.78 is 23.6. The molecule has 1 aliphatic rings. The highest BCUT2D eigenvalue weighted by Crippen LogP contribution is 2.29. The Bertz CT molecular complexity index is 218. The Morgan fingerprint density at radius 3 is 2.29 bits per heavy atom. The van der Waals surface area contributed by atoms with Crippen LogP contribution in [0.15, 0.2) is 12.2 Å². The van der Waals surface area contributed by atoms with Gasteiger partial charge in [0.1, 0.15) is 0 Å². The molecule has 0 saturated heterocycles. The number of rotatable bonds is 3. The maximum atomic E-state index is 11.8. The van der Waals surface area contributed by atoms with Gasteiger partial charge in [-0.3, -0.25) is 4.79 Å². The van der Waals surface area contributed by atoms with E-state index in [1.807, 2.05) is 0 Å². The molecule has 0 aliphatic heterocycles. The van der Waals surface area contributed by atoms with Crippen LogP contribution in [0.5, 0.6) is 0 Å². The van der Waals surface area contributed by atoms with E-state index in [0.29, 0.717) is 25.7 Å². The highest BCUT2D eigenvalue weighted by Gasteiger charge is 2.24. The predicted molar refractivity (Wildman–Crippen MR) is 48.2 cm³/mol. The lowest BCUT2D eigenvalue weighted by molar-refractivity contribution is -0.142. The fourth-order valence-electron chi connectivity index (χ4n) is 1.80. The van der Waals surface area contributed by atoms with Crippen LogP contribution in [0, 0.1) is 11.8 Å². The zero-order valence-electron chi connectivity index (χ0n) is 7.83. The molecular formula is C10H14F2O2. The van der Waals surface area contributed by atoms with Gasteiger partial charge in [0.05, 0.1) is 5.92 Å². The van der Waals surface area contributed by atoms with Crippen LogP contribution in [0.2, 0.25) is 0 Å². The third-order valence-corrected chi connectivity index (χ3v) is 2.65. The number of alkyl halides is 2. The molecule has 80 valence electrons. The first kappa shape index (κ1) is 11.1. The molecule has 0 aromatic heterocycles. The van der Waals surface area contributed by atoms with E-state index < -0.39 is 12.4 Å². The van der Waals surface area contributed by atoms with Gasteiger partial charge in [-0.05, 0) is 37.7 Å². The van der Waals surface area contributed by atoms with Crippen molar-refractivity contribution in [2.45, 2.75) is 32.1 Å². The summed E-state index contributed by atoms with van der Waals surface area (Å²) in [6.45, 7) is 0. The first-order valence-corrected chi connectivity index (χ1v) is 4.79. The van der Waals surface area contributed by atoms with Crippen LogP contribution in [-0.2, 0) is 4.79 Å². The molecule has 1 saturated carbocycles. The number of carbonyl (C=O) groups is 1. The first-order valence-electron chi connectivity index (χ1n) is 4.79. The minimum absolute atomic E-state index is 0.139. The third-order valence-electron chi connectivity index (χ3n) is 2.65. The fourth-order valence-corrected chi connectivity index (χ4v) is 1.80. The highest BCUT2D eigenvalue weighted by molar-refractivity contribution is 5.70. The topological polar surface area (TPSA) is 37.3 Å². The minimum atomic E-state index is -2.40. The van der Waals surface area contributed by atoms with Crippen LogP contribution < -0.4 is 0 Å². The first-order chi connectivity index (χ1) is 6.59. The second kappa shape index (κ2) is 5.08. The van der Waals surface area contributed by atoms with Crippen LogP contribution in [0.25, 0.3) is 0 Å². The molecule has 4 heteroatoms. The van der Waals surface area contributed by atoms with Crippen LogP contribution in [0.3, 0.4) is 0 Å². The van der Waals surface area contributed by atoms with E-state index in [9.17, 15) is 13.6 Å². The third kappa shape index (κ3) is 3.44. The Hall–Kier alpha value is -0.930. The number of hydrogen-bond donors (Lipinski definition) is 1. The lowest BCUT2D eigenvalue weighted by Gasteiger charge is -2.23. The lowest BCUT2D eigenvalue weighted by atomic mass is 9.82. The Balaban J connectivity index is 2.32. The van der Waals surface area contributed by atoms with E-state index in [-0.39, 0.29) is 11.8 Å². The number of allylic oxidation sites excluding steroid dienone is 2. The smallest absolute Gasteiger partial charge is 0.306 e. The van der Waals surface area contributed by atoms with Crippen LogP contribution >= 0.6 is 0 Å². The van der Waals surface area contributed by atoms with Gasteiger partial charge < -0.3 is 5.11 Å². The molecule has 0 radical (unpaired) electrons. The van der Waals surface area contributed by atoms with Gasteiger partial charge in [-0.1, -0.05) is 6.08 Å². The molecule has 1 aliphatic carbocycles. The molecule has 0 atom stereocenters. The van der Waals surface area contributed by atoms with E-state index in [0.717, 1.165) is 6.08 Å². The molecule has 2 nitrogen and oxygen atoms in total. The normalized spacial score (nSPS) is 28.5. The van der Waals surface area contributed by atoms with Gasteiger partial charge in [-0.2, -0.15) is 0 Å². The Morgan fingerprint density at radius 2 is 1.86 bits per heavy atom. The largest absolute Gasteiger partial charge is 0.481 e. The summed E-state index contributed by atoms with van der Waals surface area (Å²) in [5, 5.41) is 8.70. The van der Waals surface area contributed by atoms with Crippen molar-refractivity contribution in [2.24, 2.45) is 11.8 Å². The van der Waals surface area contributed by atoms with Gasteiger partial charge in [0, 0.05) is 0 Å². The van der Waals surface area contributed by atoms with E-state index in [1.54, 1.807) is 0 Å². The lowest BCUT2D eigenvalue weighted by Crippen LogP contribution is -2.20.